The van der Waals surface area contributed by atoms with E-state index in [1.165, 1.54) is 6.07 Å². The molecule has 0 fully saturated rings. The molecule has 1 aliphatic heterocycles. The fourth-order valence-electron chi connectivity index (χ4n) is 1.22. The van der Waals surface area contributed by atoms with Crippen LogP contribution in [-0.4, -0.2) is 11.7 Å². The van der Waals surface area contributed by atoms with Crippen molar-refractivity contribution >= 4 is 44.9 Å². The lowest BCUT2D eigenvalue weighted by atomic mass is 10.1. The number of ketones is 1. The molecule has 0 radical (unpaired) electrons. The molecule has 1 N–H and O–H groups in total. The molecule has 0 spiro atoms. The van der Waals surface area contributed by atoms with Crippen molar-refractivity contribution in [3.63, 3.8) is 0 Å². The molecule has 0 atom stereocenters. The lowest BCUT2D eigenvalue weighted by Gasteiger charge is -2.02. The average Bonchev–Trinajstić information content (AvgIpc) is 2.40. The van der Waals surface area contributed by atoms with E-state index in [0.717, 1.165) is 0 Å². The maximum absolute atomic E-state index is 13.3. The lowest BCUT2D eigenvalue weighted by Crippen LogP contribution is -2.12. The third kappa shape index (κ3) is 1.16. The Bertz CT molecular complexity index is 475. The van der Waals surface area contributed by atoms with Gasteiger partial charge in [-0.3, -0.25) is 9.59 Å². The maximum Gasteiger partial charge on any atom is 0.296 e. The number of hydrogen-bond donors (Lipinski definition) is 1. The summed E-state index contributed by atoms with van der Waals surface area (Å²) in [6, 6.07) is 1.24. The van der Waals surface area contributed by atoms with Gasteiger partial charge in [-0.15, -0.1) is 0 Å². The highest BCUT2D eigenvalue weighted by molar-refractivity contribution is 9.10. The van der Waals surface area contributed by atoms with Gasteiger partial charge in [0.05, 0.1) is 16.3 Å². The van der Waals surface area contributed by atoms with Gasteiger partial charge in [0.25, 0.3) is 11.7 Å². The van der Waals surface area contributed by atoms with Gasteiger partial charge < -0.3 is 5.32 Å². The van der Waals surface area contributed by atoms with Crippen LogP contribution in [0.5, 0.6) is 0 Å². The second-order valence-corrected chi connectivity index (χ2v) is 3.95. The standard InChI is InChI=1S/C8H2BrClFNO2/c9-2-1-3(10)5(11)6-4(2)7(13)8(14)12-6/h1H,(H,12,13,14). The predicted molar refractivity (Wildman–Crippen MR) is 52.1 cm³/mol. The van der Waals surface area contributed by atoms with E-state index in [-0.39, 0.29) is 16.3 Å². The number of halogens is 3. The Morgan fingerprint density at radius 2 is 2.07 bits per heavy atom. The first kappa shape index (κ1) is 9.61. The Kier molecular flexibility index (Phi) is 2.08. The topological polar surface area (TPSA) is 46.2 Å². The highest BCUT2D eigenvalue weighted by Crippen LogP contribution is 2.36. The molecule has 1 amide bonds. The first-order chi connectivity index (χ1) is 6.52. The zero-order valence-electron chi connectivity index (χ0n) is 6.53. The number of nitrogens with one attached hydrogen (secondary N) is 1. The number of benzene rings is 1. The zero-order valence-corrected chi connectivity index (χ0v) is 8.87. The molecule has 1 heterocycles. The molecule has 72 valence electrons. The lowest BCUT2D eigenvalue weighted by molar-refractivity contribution is -0.112. The Morgan fingerprint density at radius 3 is 2.71 bits per heavy atom. The number of anilines is 1. The highest BCUT2D eigenvalue weighted by Gasteiger charge is 2.33. The molecule has 0 saturated heterocycles. The molecule has 0 saturated carbocycles. The van der Waals surface area contributed by atoms with Crippen molar-refractivity contribution in [2.45, 2.75) is 0 Å². The molecular weight excluding hydrogens is 276 g/mol. The minimum atomic E-state index is -0.845. The van der Waals surface area contributed by atoms with Crippen LogP contribution in [0.15, 0.2) is 10.5 Å². The summed E-state index contributed by atoms with van der Waals surface area (Å²) in [4.78, 5) is 22.2. The normalized spacial score (nSPS) is 14.2. The summed E-state index contributed by atoms with van der Waals surface area (Å²) in [6.45, 7) is 0. The van der Waals surface area contributed by atoms with Gasteiger partial charge in [0.15, 0.2) is 5.82 Å². The van der Waals surface area contributed by atoms with Gasteiger partial charge in [-0.1, -0.05) is 11.6 Å². The van der Waals surface area contributed by atoms with E-state index in [0.29, 0.717) is 4.47 Å². The number of hydrogen-bond acceptors (Lipinski definition) is 2. The SMILES string of the molecule is O=C1Nc2c(F)c(Cl)cc(Br)c2C1=O. The minimum absolute atomic E-state index is 0.00287. The van der Waals surface area contributed by atoms with Crippen LogP contribution >= 0.6 is 27.5 Å². The minimum Gasteiger partial charge on any atom is -0.316 e. The molecule has 6 heteroatoms. The summed E-state index contributed by atoms with van der Waals surface area (Å²) in [5.74, 6) is -2.40. The van der Waals surface area contributed by atoms with Gasteiger partial charge in [0.1, 0.15) is 0 Å². The van der Waals surface area contributed by atoms with Crippen molar-refractivity contribution in [2.75, 3.05) is 5.32 Å². The van der Waals surface area contributed by atoms with Crippen LogP contribution in [0.1, 0.15) is 10.4 Å². The number of amides is 1. The van der Waals surface area contributed by atoms with E-state index < -0.39 is 17.5 Å². The van der Waals surface area contributed by atoms with Gasteiger partial charge in [0, 0.05) is 4.47 Å². The summed E-state index contributed by atoms with van der Waals surface area (Å²) >= 11 is 8.56. The van der Waals surface area contributed by atoms with Gasteiger partial charge >= 0.3 is 0 Å². The number of Topliss-reactive ketones (excluding diaryl/α,β-unsaturated/α-hetero) is 1. The van der Waals surface area contributed by atoms with Crippen molar-refractivity contribution in [2.24, 2.45) is 0 Å². The fraction of sp³-hybridized carbons (Fsp3) is 0. The Balaban J connectivity index is 2.79. The van der Waals surface area contributed by atoms with Crippen LogP contribution < -0.4 is 5.32 Å². The van der Waals surface area contributed by atoms with Crippen molar-refractivity contribution in [3.05, 3.63) is 26.9 Å². The highest BCUT2D eigenvalue weighted by atomic mass is 79.9. The average molecular weight is 278 g/mol. The van der Waals surface area contributed by atoms with E-state index >= 15 is 0 Å². The van der Waals surface area contributed by atoms with Crippen molar-refractivity contribution in [1.82, 2.24) is 0 Å². The molecule has 1 aliphatic rings. The molecule has 0 unspecified atom stereocenters. The van der Waals surface area contributed by atoms with E-state index in [4.69, 9.17) is 11.6 Å². The van der Waals surface area contributed by atoms with Crippen LogP contribution in [0.2, 0.25) is 5.02 Å². The molecule has 1 aromatic carbocycles. The predicted octanol–water partition coefficient (Wildman–Crippen LogP) is 2.38. The first-order valence-corrected chi connectivity index (χ1v) is 4.72. The summed E-state index contributed by atoms with van der Waals surface area (Å²) in [5.41, 5.74) is -0.156. The Labute approximate surface area is 91.4 Å². The van der Waals surface area contributed by atoms with Gasteiger partial charge in [-0.05, 0) is 22.0 Å². The summed E-state index contributed by atoms with van der Waals surface area (Å²) < 4.78 is 13.6. The van der Waals surface area contributed by atoms with Gasteiger partial charge in [-0.25, -0.2) is 4.39 Å². The number of fused-ring (bicyclic) bond motifs is 1. The fourth-order valence-corrected chi connectivity index (χ4v) is 2.16. The summed E-state index contributed by atoms with van der Waals surface area (Å²) in [7, 11) is 0. The monoisotopic (exact) mass is 277 g/mol. The smallest absolute Gasteiger partial charge is 0.296 e. The zero-order chi connectivity index (χ0) is 10.5. The molecule has 0 aromatic heterocycles. The molecule has 2 rings (SSSR count). The van der Waals surface area contributed by atoms with Crippen molar-refractivity contribution in [3.8, 4) is 0 Å². The van der Waals surface area contributed by atoms with E-state index in [2.05, 4.69) is 21.2 Å². The maximum atomic E-state index is 13.3. The largest absolute Gasteiger partial charge is 0.316 e. The molecule has 14 heavy (non-hydrogen) atoms. The second kappa shape index (κ2) is 3.03. The van der Waals surface area contributed by atoms with E-state index in [1.54, 1.807) is 0 Å². The molecule has 0 bridgehead atoms. The summed E-state index contributed by atoms with van der Waals surface area (Å²) in [5, 5.41) is 1.97. The molecule has 0 aliphatic carbocycles. The second-order valence-electron chi connectivity index (χ2n) is 2.69. The third-order valence-electron chi connectivity index (χ3n) is 1.84. The Morgan fingerprint density at radius 1 is 1.43 bits per heavy atom. The third-order valence-corrected chi connectivity index (χ3v) is 2.74. The van der Waals surface area contributed by atoms with Crippen LogP contribution in [0.3, 0.4) is 0 Å². The van der Waals surface area contributed by atoms with Crippen molar-refractivity contribution < 1.29 is 14.0 Å². The molecule has 1 aromatic rings. The Hall–Kier alpha value is -0.940. The quantitative estimate of drug-likeness (QED) is 0.585. The van der Waals surface area contributed by atoms with Crippen LogP contribution in [-0.2, 0) is 4.79 Å². The number of carbonyl (C=O) groups is 2. The van der Waals surface area contributed by atoms with Gasteiger partial charge in [0.2, 0.25) is 0 Å². The number of carbonyl (C=O) groups excluding carboxylic acids is 2. The first-order valence-electron chi connectivity index (χ1n) is 3.55. The summed E-state index contributed by atoms with van der Waals surface area (Å²) in [6.07, 6.45) is 0. The molecular formula is C8H2BrClFNO2. The molecule has 3 nitrogen and oxygen atoms in total. The van der Waals surface area contributed by atoms with Crippen LogP contribution in [0.25, 0.3) is 0 Å². The van der Waals surface area contributed by atoms with Crippen LogP contribution in [0.4, 0.5) is 10.1 Å². The van der Waals surface area contributed by atoms with Crippen LogP contribution in [0, 0.1) is 5.82 Å². The van der Waals surface area contributed by atoms with E-state index in [1.807, 2.05) is 0 Å². The van der Waals surface area contributed by atoms with Crippen molar-refractivity contribution in [1.29, 1.82) is 0 Å². The number of rotatable bonds is 0. The van der Waals surface area contributed by atoms with Gasteiger partial charge in [-0.2, -0.15) is 0 Å². The van der Waals surface area contributed by atoms with E-state index in [9.17, 15) is 14.0 Å².